The lowest BCUT2D eigenvalue weighted by Crippen LogP contribution is -2.40. The van der Waals surface area contributed by atoms with E-state index >= 15 is 0 Å². The molecule has 116 valence electrons. The molecule has 4 atom stereocenters. The Morgan fingerprint density at radius 3 is 2.35 bits per heavy atom. The van der Waals surface area contributed by atoms with Gasteiger partial charge in [0.05, 0.1) is 0 Å². The van der Waals surface area contributed by atoms with Crippen LogP contribution in [0.2, 0.25) is 0 Å². The minimum atomic E-state index is 0.310. The van der Waals surface area contributed by atoms with E-state index in [1.54, 1.807) is 0 Å². The first-order chi connectivity index (χ1) is 9.49. The first-order valence-electron chi connectivity index (χ1n) is 8.78. The van der Waals surface area contributed by atoms with Crippen molar-refractivity contribution in [3.8, 4) is 0 Å². The van der Waals surface area contributed by atoms with Gasteiger partial charge in [0, 0.05) is 12.5 Å². The van der Waals surface area contributed by atoms with Gasteiger partial charge in [0.2, 0.25) is 5.91 Å². The van der Waals surface area contributed by atoms with Gasteiger partial charge in [0.25, 0.3) is 0 Å². The average molecular weight is 279 g/mol. The van der Waals surface area contributed by atoms with Crippen molar-refractivity contribution in [2.24, 2.45) is 29.6 Å². The molecule has 20 heavy (non-hydrogen) atoms. The van der Waals surface area contributed by atoms with Crippen molar-refractivity contribution in [1.82, 2.24) is 5.32 Å². The molecule has 0 radical (unpaired) electrons. The van der Waals surface area contributed by atoms with E-state index in [2.05, 4.69) is 33.0 Å². The van der Waals surface area contributed by atoms with Crippen molar-refractivity contribution in [1.29, 1.82) is 0 Å². The molecule has 0 saturated heterocycles. The minimum absolute atomic E-state index is 0.310. The molecule has 0 aromatic heterocycles. The number of amides is 1. The largest absolute Gasteiger partial charge is 0.353 e. The van der Waals surface area contributed by atoms with Crippen molar-refractivity contribution in [3.63, 3.8) is 0 Å². The SMILES string of the molecule is CC(C)[C@H]1CC[C@H](C)[C@@H](CC(=O)NC2CCCC2)[C@H]1C. The Morgan fingerprint density at radius 1 is 1.10 bits per heavy atom. The third kappa shape index (κ3) is 3.77. The van der Waals surface area contributed by atoms with Gasteiger partial charge in [0.1, 0.15) is 0 Å². The van der Waals surface area contributed by atoms with Crippen LogP contribution in [0.15, 0.2) is 0 Å². The van der Waals surface area contributed by atoms with Crippen LogP contribution in [0.1, 0.15) is 72.6 Å². The van der Waals surface area contributed by atoms with Crippen molar-refractivity contribution in [3.05, 3.63) is 0 Å². The lowest BCUT2D eigenvalue weighted by atomic mass is 9.63. The topological polar surface area (TPSA) is 29.1 Å². The fourth-order valence-corrected chi connectivity index (χ4v) is 4.67. The highest BCUT2D eigenvalue weighted by Gasteiger charge is 2.37. The molecule has 0 heterocycles. The summed E-state index contributed by atoms with van der Waals surface area (Å²) in [6.07, 6.45) is 8.36. The summed E-state index contributed by atoms with van der Waals surface area (Å²) in [5, 5.41) is 3.27. The van der Waals surface area contributed by atoms with Gasteiger partial charge in [-0.05, 0) is 48.9 Å². The van der Waals surface area contributed by atoms with Crippen LogP contribution >= 0.6 is 0 Å². The molecule has 0 bridgehead atoms. The van der Waals surface area contributed by atoms with Gasteiger partial charge < -0.3 is 5.32 Å². The first-order valence-corrected chi connectivity index (χ1v) is 8.78. The summed E-state index contributed by atoms with van der Waals surface area (Å²) in [5.41, 5.74) is 0. The number of carbonyl (C=O) groups excluding carboxylic acids is 1. The Hall–Kier alpha value is -0.530. The number of hydrogen-bond donors (Lipinski definition) is 1. The molecule has 1 amide bonds. The summed E-state index contributed by atoms with van der Waals surface area (Å²) in [6.45, 7) is 9.41. The second-order valence-electron chi connectivity index (χ2n) is 7.74. The van der Waals surface area contributed by atoms with Crippen molar-refractivity contribution in [2.75, 3.05) is 0 Å². The van der Waals surface area contributed by atoms with Crippen LogP contribution in [0.4, 0.5) is 0 Å². The lowest BCUT2D eigenvalue weighted by Gasteiger charge is -2.42. The van der Waals surface area contributed by atoms with E-state index in [4.69, 9.17) is 0 Å². The minimum Gasteiger partial charge on any atom is -0.353 e. The first kappa shape index (κ1) is 15.9. The van der Waals surface area contributed by atoms with Crippen LogP contribution in [-0.2, 0) is 4.79 Å². The van der Waals surface area contributed by atoms with E-state index in [9.17, 15) is 4.79 Å². The Bertz CT molecular complexity index is 319. The molecule has 2 nitrogen and oxygen atoms in total. The Labute approximate surface area is 125 Å². The second kappa shape index (κ2) is 6.95. The van der Waals surface area contributed by atoms with E-state index in [1.165, 1.54) is 38.5 Å². The normalized spacial score (nSPS) is 35.5. The summed E-state index contributed by atoms with van der Waals surface area (Å²) in [6, 6.07) is 0.470. The zero-order valence-electron chi connectivity index (χ0n) is 13.8. The van der Waals surface area contributed by atoms with Crippen LogP contribution in [0.3, 0.4) is 0 Å². The highest BCUT2D eigenvalue weighted by atomic mass is 16.1. The van der Waals surface area contributed by atoms with E-state index in [0.29, 0.717) is 29.7 Å². The zero-order chi connectivity index (χ0) is 14.7. The molecule has 2 heteroatoms. The number of hydrogen-bond acceptors (Lipinski definition) is 1. The molecule has 0 aliphatic heterocycles. The summed E-state index contributed by atoms with van der Waals surface area (Å²) in [7, 11) is 0. The zero-order valence-corrected chi connectivity index (χ0v) is 13.8. The summed E-state index contributed by atoms with van der Waals surface area (Å²) < 4.78 is 0. The molecule has 2 aliphatic rings. The molecule has 2 aliphatic carbocycles. The molecule has 0 unspecified atom stereocenters. The summed E-state index contributed by atoms with van der Waals surface area (Å²) >= 11 is 0. The summed E-state index contributed by atoms with van der Waals surface area (Å²) in [5.74, 6) is 3.83. The fourth-order valence-electron chi connectivity index (χ4n) is 4.67. The second-order valence-corrected chi connectivity index (χ2v) is 7.74. The van der Waals surface area contributed by atoms with E-state index < -0.39 is 0 Å². The van der Waals surface area contributed by atoms with Gasteiger partial charge >= 0.3 is 0 Å². The molecule has 2 saturated carbocycles. The molecule has 0 aromatic rings. The predicted molar refractivity (Wildman–Crippen MR) is 84.4 cm³/mol. The van der Waals surface area contributed by atoms with Crippen LogP contribution in [0, 0.1) is 29.6 Å². The van der Waals surface area contributed by atoms with Gasteiger partial charge in [-0.2, -0.15) is 0 Å². The maximum Gasteiger partial charge on any atom is 0.220 e. The highest BCUT2D eigenvalue weighted by molar-refractivity contribution is 5.76. The van der Waals surface area contributed by atoms with Gasteiger partial charge in [-0.1, -0.05) is 47.0 Å². The van der Waals surface area contributed by atoms with Crippen LogP contribution in [0.5, 0.6) is 0 Å². The maximum atomic E-state index is 12.3. The fraction of sp³-hybridized carbons (Fsp3) is 0.944. The molecule has 1 N–H and O–H groups in total. The molecule has 0 spiro atoms. The Morgan fingerprint density at radius 2 is 1.75 bits per heavy atom. The monoisotopic (exact) mass is 279 g/mol. The highest BCUT2D eigenvalue weighted by Crippen LogP contribution is 2.43. The lowest BCUT2D eigenvalue weighted by molar-refractivity contribution is -0.124. The van der Waals surface area contributed by atoms with E-state index in [1.807, 2.05) is 0 Å². The predicted octanol–water partition coefficient (Wildman–Crippen LogP) is 4.39. The number of carbonyl (C=O) groups is 1. The average Bonchev–Trinajstić information content (AvgIpc) is 2.86. The van der Waals surface area contributed by atoms with Crippen molar-refractivity contribution < 1.29 is 4.79 Å². The molecule has 2 rings (SSSR count). The van der Waals surface area contributed by atoms with Gasteiger partial charge in [-0.15, -0.1) is 0 Å². The number of nitrogens with one attached hydrogen (secondary N) is 1. The quantitative estimate of drug-likeness (QED) is 0.812. The van der Waals surface area contributed by atoms with E-state index in [-0.39, 0.29) is 0 Å². The molecule has 0 aromatic carbocycles. The maximum absolute atomic E-state index is 12.3. The van der Waals surface area contributed by atoms with Crippen LogP contribution in [-0.4, -0.2) is 11.9 Å². The van der Waals surface area contributed by atoms with Crippen molar-refractivity contribution >= 4 is 5.91 Å². The third-order valence-electron chi connectivity index (χ3n) is 6.03. The number of rotatable bonds is 4. The van der Waals surface area contributed by atoms with Crippen molar-refractivity contribution in [2.45, 2.75) is 78.7 Å². The standard InChI is InChI=1S/C18H33NO/c1-12(2)16-10-9-13(3)17(14(16)4)11-18(20)19-15-7-5-6-8-15/h12-17H,5-11H2,1-4H3,(H,19,20)/t13-,14-,16+,17+/m0/s1. The Kier molecular flexibility index (Phi) is 5.51. The Balaban J connectivity index is 1.89. The molecular weight excluding hydrogens is 246 g/mol. The van der Waals surface area contributed by atoms with E-state index in [0.717, 1.165) is 18.3 Å². The summed E-state index contributed by atoms with van der Waals surface area (Å²) in [4.78, 5) is 12.3. The van der Waals surface area contributed by atoms with Gasteiger partial charge in [-0.3, -0.25) is 4.79 Å². The van der Waals surface area contributed by atoms with Gasteiger partial charge in [0.15, 0.2) is 0 Å². The molecular formula is C18H33NO. The molecule has 2 fully saturated rings. The van der Waals surface area contributed by atoms with Crippen LogP contribution < -0.4 is 5.32 Å². The smallest absolute Gasteiger partial charge is 0.220 e. The van der Waals surface area contributed by atoms with Gasteiger partial charge in [-0.25, -0.2) is 0 Å². The third-order valence-corrected chi connectivity index (χ3v) is 6.03. The van der Waals surface area contributed by atoms with Crippen LogP contribution in [0.25, 0.3) is 0 Å².